The molecule has 0 heterocycles. The van der Waals surface area contributed by atoms with Gasteiger partial charge in [0.15, 0.2) is 0 Å². The van der Waals surface area contributed by atoms with Gasteiger partial charge in [0.05, 0.1) is 0 Å². The first-order valence-corrected chi connectivity index (χ1v) is 5.20. The fourth-order valence-electron chi connectivity index (χ4n) is 1.30. The highest BCUT2D eigenvalue weighted by atomic mass is 35.5. The average Bonchev–Trinajstić information content (AvgIpc) is 2.20. The van der Waals surface area contributed by atoms with E-state index < -0.39 is 12.0 Å². The summed E-state index contributed by atoms with van der Waals surface area (Å²) in [5.41, 5.74) is 6.53. The Labute approximate surface area is 93.9 Å². The third-order valence-corrected chi connectivity index (χ3v) is 2.46. The molecule has 4 heteroatoms. The second-order valence-electron chi connectivity index (χ2n) is 3.46. The van der Waals surface area contributed by atoms with Crippen molar-refractivity contribution in [2.45, 2.75) is 25.3 Å². The van der Waals surface area contributed by atoms with E-state index in [9.17, 15) is 4.79 Å². The summed E-state index contributed by atoms with van der Waals surface area (Å²) < 4.78 is 0. The fraction of sp³-hybridized carbons (Fsp3) is 0.364. The molecule has 0 saturated heterocycles. The standard InChI is InChI=1S/C11H14ClNO2/c12-9-6-4-8(5-7-9)2-1-3-10(13)11(14)15/h4-7,10H,1-3,13H2,(H,14,15)/t10-/m1/s1. The molecule has 0 bridgehead atoms. The zero-order valence-electron chi connectivity index (χ0n) is 8.32. The van der Waals surface area contributed by atoms with E-state index in [1.807, 2.05) is 24.3 Å². The first-order chi connectivity index (χ1) is 7.09. The zero-order valence-corrected chi connectivity index (χ0v) is 9.07. The molecule has 15 heavy (non-hydrogen) atoms. The van der Waals surface area contributed by atoms with Crippen molar-refractivity contribution in [2.24, 2.45) is 5.73 Å². The summed E-state index contributed by atoms with van der Waals surface area (Å²) in [6, 6.07) is 6.78. The third kappa shape index (κ3) is 4.32. The van der Waals surface area contributed by atoms with Gasteiger partial charge in [-0.1, -0.05) is 23.7 Å². The molecule has 82 valence electrons. The summed E-state index contributed by atoms with van der Waals surface area (Å²) in [4.78, 5) is 10.4. The molecule has 0 saturated carbocycles. The first kappa shape index (κ1) is 12.0. The van der Waals surface area contributed by atoms with E-state index in [0.717, 1.165) is 18.4 Å². The van der Waals surface area contributed by atoms with Crippen LogP contribution in [0.15, 0.2) is 24.3 Å². The van der Waals surface area contributed by atoms with Gasteiger partial charge >= 0.3 is 5.97 Å². The number of carboxylic acid groups (broad SMARTS) is 1. The van der Waals surface area contributed by atoms with Gasteiger partial charge in [0.2, 0.25) is 0 Å². The van der Waals surface area contributed by atoms with Crippen LogP contribution in [0.4, 0.5) is 0 Å². The van der Waals surface area contributed by atoms with Crippen LogP contribution in [-0.2, 0) is 11.2 Å². The third-order valence-electron chi connectivity index (χ3n) is 2.21. The lowest BCUT2D eigenvalue weighted by atomic mass is 10.1. The van der Waals surface area contributed by atoms with Crippen molar-refractivity contribution in [3.63, 3.8) is 0 Å². The van der Waals surface area contributed by atoms with Gasteiger partial charge in [0.1, 0.15) is 6.04 Å². The van der Waals surface area contributed by atoms with Crippen LogP contribution in [0.2, 0.25) is 5.02 Å². The molecule has 1 atom stereocenters. The van der Waals surface area contributed by atoms with Gasteiger partial charge in [0, 0.05) is 5.02 Å². The minimum Gasteiger partial charge on any atom is -0.480 e. The Morgan fingerprint density at radius 3 is 2.53 bits per heavy atom. The molecule has 3 N–H and O–H groups in total. The van der Waals surface area contributed by atoms with E-state index in [1.165, 1.54) is 0 Å². The quantitative estimate of drug-likeness (QED) is 0.810. The van der Waals surface area contributed by atoms with Crippen LogP contribution in [0, 0.1) is 0 Å². The summed E-state index contributed by atoms with van der Waals surface area (Å²) in [7, 11) is 0. The molecule has 0 spiro atoms. The van der Waals surface area contributed by atoms with Crippen LogP contribution in [0.5, 0.6) is 0 Å². The maximum atomic E-state index is 10.4. The maximum absolute atomic E-state index is 10.4. The molecular weight excluding hydrogens is 214 g/mol. The molecule has 0 aliphatic rings. The molecule has 0 radical (unpaired) electrons. The van der Waals surface area contributed by atoms with Crippen molar-refractivity contribution < 1.29 is 9.90 Å². The van der Waals surface area contributed by atoms with Gasteiger partial charge in [-0.25, -0.2) is 0 Å². The molecule has 0 unspecified atom stereocenters. The minimum absolute atomic E-state index is 0.498. The van der Waals surface area contributed by atoms with Crippen molar-refractivity contribution in [3.05, 3.63) is 34.9 Å². The van der Waals surface area contributed by atoms with Crippen molar-refractivity contribution in [1.82, 2.24) is 0 Å². The van der Waals surface area contributed by atoms with E-state index in [4.69, 9.17) is 22.4 Å². The normalized spacial score (nSPS) is 12.4. The number of benzene rings is 1. The molecule has 1 aromatic carbocycles. The number of nitrogens with two attached hydrogens (primary N) is 1. The Morgan fingerprint density at radius 1 is 1.40 bits per heavy atom. The lowest BCUT2D eigenvalue weighted by molar-refractivity contribution is -0.138. The van der Waals surface area contributed by atoms with Gasteiger partial charge in [-0.2, -0.15) is 0 Å². The molecular formula is C11H14ClNO2. The van der Waals surface area contributed by atoms with Crippen LogP contribution < -0.4 is 5.73 Å². The van der Waals surface area contributed by atoms with E-state index in [-0.39, 0.29) is 0 Å². The Balaban J connectivity index is 2.32. The minimum atomic E-state index is -0.939. The van der Waals surface area contributed by atoms with Gasteiger partial charge in [-0.15, -0.1) is 0 Å². The summed E-state index contributed by atoms with van der Waals surface area (Å²) in [5, 5.41) is 9.28. The highest BCUT2D eigenvalue weighted by Crippen LogP contribution is 2.11. The second-order valence-corrected chi connectivity index (χ2v) is 3.90. The Hall–Kier alpha value is -1.06. The van der Waals surface area contributed by atoms with E-state index in [1.54, 1.807) is 0 Å². The van der Waals surface area contributed by atoms with Crippen molar-refractivity contribution in [2.75, 3.05) is 0 Å². The largest absolute Gasteiger partial charge is 0.480 e. The summed E-state index contributed by atoms with van der Waals surface area (Å²) in [5.74, 6) is -0.939. The van der Waals surface area contributed by atoms with E-state index >= 15 is 0 Å². The molecule has 0 aliphatic carbocycles. The number of aryl methyl sites for hydroxylation is 1. The highest BCUT2D eigenvalue weighted by molar-refractivity contribution is 6.30. The lowest BCUT2D eigenvalue weighted by Crippen LogP contribution is -2.29. The van der Waals surface area contributed by atoms with Crippen molar-refractivity contribution >= 4 is 17.6 Å². The lowest BCUT2D eigenvalue weighted by Gasteiger charge is -2.05. The number of hydrogen-bond acceptors (Lipinski definition) is 2. The average molecular weight is 228 g/mol. The molecule has 0 fully saturated rings. The van der Waals surface area contributed by atoms with Gasteiger partial charge in [-0.05, 0) is 37.0 Å². The predicted octanol–water partition coefficient (Wildman–Crippen LogP) is 2.07. The number of halogens is 1. The van der Waals surface area contributed by atoms with E-state index in [2.05, 4.69) is 0 Å². The summed E-state index contributed by atoms with van der Waals surface area (Å²) in [6.07, 6.45) is 2.10. The monoisotopic (exact) mass is 227 g/mol. The topological polar surface area (TPSA) is 63.3 Å². The fourth-order valence-corrected chi connectivity index (χ4v) is 1.43. The van der Waals surface area contributed by atoms with Crippen LogP contribution >= 0.6 is 11.6 Å². The van der Waals surface area contributed by atoms with E-state index in [0.29, 0.717) is 11.4 Å². The number of aliphatic carboxylic acids is 1. The van der Waals surface area contributed by atoms with Crippen LogP contribution in [0.3, 0.4) is 0 Å². The summed E-state index contributed by atoms with van der Waals surface area (Å²) >= 11 is 5.74. The smallest absolute Gasteiger partial charge is 0.320 e. The maximum Gasteiger partial charge on any atom is 0.320 e. The molecule has 0 amide bonds. The Kier molecular flexibility index (Phi) is 4.59. The molecule has 3 nitrogen and oxygen atoms in total. The van der Waals surface area contributed by atoms with Gasteiger partial charge < -0.3 is 10.8 Å². The number of rotatable bonds is 5. The number of carboxylic acids is 1. The SMILES string of the molecule is N[C@H](CCCc1ccc(Cl)cc1)C(=O)O. The van der Waals surface area contributed by atoms with Crippen LogP contribution in [-0.4, -0.2) is 17.1 Å². The van der Waals surface area contributed by atoms with Gasteiger partial charge in [0.25, 0.3) is 0 Å². The van der Waals surface area contributed by atoms with Crippen molar-refractivity contribution in [1.29, 1.82) is 0 Å². The number of hydrogen-bond donors (Lipinski definition) is 2. The second kappa shape index (κ2) is 5.73. The van der Waals surface area contributed by atoms with Gasteiger partial charge in [-0.3, -0.25) is 4.79 Å². The zero-order chi connectivity index (χ0) is 11.3. The molecule has 1 aromatic rings. The predicted molar refractivity (Wildman–Crippen MR) is 60.0 cm³/mol. The Bertz CT molecular complexity index is 324. The first-order valence-electron chi connectivity index (χ1n) is 4.82. The molecule has 1 rings (SSSR count). The molecule has 0 aliphatic heterocycles. The Morgan fingerprint density at radius 2 is 2.00 bits per heavy atom. The summed E-state index contributed by atoms with van der Waals surface area (Å²) in [6.45, 7) is 0. The highest BCUT2D eigenvalue weighted by Gasteiger charge is 2.10. The molecule has 0 aromatic heterocycles. The van der Waals surface area contributed by atoms with Crippen LogP contribution in [0.1, 0.15) is 18.4 Å². The number of carbonyl (C=O) groups is 1. The van der Waals surface area contributed by atoms with Crippen molar-refractivity contribution in [3.8, 4) is 0 Å². The van der Waals surface area contributed by atoms with Crippen LogP contribution in [0.25, 0.3) is 0 Å².